The summed E-state index contributed by atoms with van der Waals surface area (Å²) in [6, 6.07) is -1.66. The molecule has 0 saturated heterocycles. The first-order valence-electron chi connectivity index (χ1n) is 3.16. The van der Waals surface area contributed by atoms with Crippen molar-refractivity contribution in [1.29, 1.82) is 0 Å². The molecule has 0 aromatic heterocycles. The Morgan fingerprint density at radius 3 is 1.73 bits per heavy atom. The van der Waals surface area contributed by atoms with Gasteiger partial charge in [-0.25, -0.2) is 0 Å². The van der Waals surface area contributed by atoms with Gasteiger partial charge in [0.15, 0.2) is 0 Å². The number of hydrogen-bond acceptors (Lipinski definition) is 1. The van der Waals surface area contributed by atoms with Crippen molar-refractivity contribution in [3.8, 4) is 0 Å². The number of rotatable bonds is 2. The first-order valence-corrected chi connectivity index (χ1v) is 3.16. The van der Waals surface area contributed by atoms with Crippen molar-refractivity contribution in [2.24, 2.45) is 11.7 Å². The van der Waals surface area contributed by atoms with Crippen LogP contribution in [0.3, 0.4) is 0 Å². The van der Waals surface area contributed by atoms with Gasteiger partial charge in [-0.2, -0.15) is 13.2 Å². The van der Waals surface area contributed by atoms with Crippen LogP contribution < -0.4 is 5.73 Å². The lowest BCUT2D eigenvalue weighted by Crippen LogP contribution is -2.38. The third kappa shape index (κ3) is 6.44. The first kappa shape index (κ1) is 13.6. The van der Waals surface area contributed by atoms with Crippen LogP contribution in [0.4, 0.5) is 13.2 Å². The summed E-state index contributed by atoms with van der Waals surface area (Å²) in [5.74, 6) is -0.00313. The minimum atomic E-state index is -4.23. The monoisotopic (exact) mass is 191 g/mol. The highest BCUT2D eigenvalue weighted by Gasteiger charge is 2.36. The van der Waals surface area contributed by atoms with Crippen molar-refractivity contribution in [3.63, 3.8) is 0 Å². The molecule has 0 fully saturated rings. The molecule has 0 aromatic rings. The minimum absolute atomic E-state index is 0. The Balaban J connectivity index is 0. The smallest absolute Gasteiger partial charge is 0.320 e. The second-order valence-electron chi connectivity index (χ2n) is 2.78. The van der Waals surface area contributed by atoms with Gasteiger partial charge in [-0.1, -0.05) is 13.8 Å². The average Bonchev–Trinajstić information content (AvgIpc) is 1.60. The molecule has 11 heavy (non-hydrogen) atoms. The first-order chi connectivity index (χ1) is 4.34. The van der Waals surface area contributed by atoms with E-state index in [1.165, 1.54) is 0 Å². The maximum Gasteiger partial charge on any atom is 0.403 e. The molecule has 5 heteroatoms. The van der Waals surface area contributed by atoms with Gasteiger partial charge in [-0.3, -0.25) is 0 Å². The minimum Gasteiger partial charge on any atom is -0.320 e. The van der Waals surface area contributed by atoms with Crippen LogP contribution in [-0.4, -0.2) is 12.2 Å². The van der Waals surface area contributed by atoms with Crippen LogP contribution in [0.5, 0.6) is 0 Å². The van der Waals surface area contributed by atoms with E-state index in [9.17, 15) is 13.2 Å². The van der Waals surface area contributed by atoms with E-state index in [-0.39, 0.29) is 24.7 Å². The summed E-state index contributed by atoms with van der Waals surface area (Å²) in [5.41, 5.74) is 4.83. The van der Waals surface area contributed by atoms with E-state index in [0.717, 1.165) is 0 Å². The molecule has 0 bridgehead atoms. The van der Waals surface area contributed by atoms with Crippen LogP contribution >= 0.6 is 12.4 Å². The lowest BCUT2D eigenvalue weighted by atomic mass is 10.0. The molecule has 0 aliphatic carbocycles. The second-order valence-corrected chi connectivity index (χ2v) is 2.78. The van der Waals surface area contributed by atoms with Gasteiger partial charge in [0, 0.05) is 0 Å². The van der Waals surface area contributed by atoms with Crippen LogP contribution in [0.15, 0.2) is 0 Å². The highest BCUT2D eigenvalue weighted by molar-refractivity contribution is 5.85. The Morgan fingerprint density at radius 2 is 1.64 bits per heavy atom. The Hall–Kier alpha value is 0.0400. The van der Waals surface area contributed by atoms with Gasteiger partial charge < -0.3 is 5.73 Å². The zero-order valence-electron chi connectivity index (χ0n) is 6.48. The van der Waals surface area contributed by atoms with Crippen molar-refractivity contribution < 1.29 is 13.2 Å². The molecular weight excluding hydrogens is 179 g/mol. The average molecular weight is 192 g/mol. The molecule has 0 rings (SSSR count). The molecule has 1 unspecified atom stereocenters. The van der Waals surface area contributed by atoms with Gasteiger partial charge in [0.1, 0.15) is 6.04 Å². The fourth-order valence-electron chi connectivity index (χ4n) is 0.641. The molecule has 0 aromatic carbocycles. The number of halogens is 4. The summed E-state index contributed by atoms with van der Waals surface area (Å²) < 4.78 is 35.1. The molecule has 0 radical (unpaired) electrons. The predicted molar refractivity (Wildman–Crippen MR) is 40.7 cm³/mol. The lowest BCUT2D eigenvalue weighted by molar-refractivity contribution is -0.150. The number of alkyl halides is 3. The van der Waals surface area contributed by atoms with E-state index in [0.29, 0.717) is 0 Å². The predicted octanol–water partition coefficient (Wildman–Crippen LogP) is 2.34. The van der Waals surface area contributed by atoms with Crippen molar-refractivity contribution in [2.45, 2.75) is 32.5 Å². The molecule has 0 saturated carbocycles. The summed E-state index contributed by atoms with van der Waals surface area (Å²) in [7, 11) is 0. The van der Waals surface area contributed by atoms with Crippen molar-refractivity contribution >= 4 is 12.4 Å². The van der Waals surface area contributed by atoms with Crippen molar-refractivity contribution in [3.05, 3.63) is 0 Å². The van der Waals surface area contributed by atoms with E-state index in [1.807, 2.05) is 0 Å². The molecule has 70 valence electrons. The van der Waals surface area contributed by atoms with Gasteiger partial charge in [0.05, 0.1) is 0 Å². The molecule has 0 spiro atoms. The Bertz CT molecular complexity index is 102. The van der Waals surface area contributed by atoms with E-state index in [1.54, 1.807) is 13.8 Å². The van der Waals surface area contributed by atoms with Crippen LogP contribution in [0.1, 0.15) is 20.3 Å². The molecular formula is C6H13ClF3N. The summed E-state index contributed by atoms with van der Waals surface area (Å²) in [4.78, 5) is 0. The van der Waals surface area contributed by atoms with E-state index in [4.69, 9.17) is 5.73 Å². The topological polar surface area (TPSA) is 26.0 Å². The molecule has 0 aliphatic heterocycles. The Labute approximate surface area is 70.6 Å². The summed E-state index contributed by atoms with van der Waals surface area (Å²) in [6.07, 6.45) is -4.23. The van der Waals surface area contributed by atoms with Gasteiger partial charge in [-0.05, 0) is 12.3 Å². The van der Waals surface area contributed by atoms with Crippen LogP contribution in [0.2, 0.25) is 0 Å². The van der Waals surface area contributed by atoms with E-state index < -0.39 is 12.2 Å². The summed E-state index contributed by atoms with van der Waals surface area (Å²) >= 11 is 0. The zero-order valence-corrected chi connectivity index (χ0v) is 7.30. The fourth-order valence-corrected chi connectivity index (χ4v) is 0.641. The Morgan fingerprint density at radius 1 is 1.27 bits per heavy atom. The molecule has 0 heterocycles. The highest BCUT2D eigenvalue weighted by atomic mass is 35.5. The van der Waals surface area contributed by atoms with E-state index >= 15 is 0 Å². The van der Waals surface area contributed by atoms with Crippen molar-refractivity contribution in [1.82, 2.24) is 0 Å². The number of nitrogens with two attached hydrogens (primary N) is 1. The third-order valence-electron chi connectivity index (χ3n) is 1.15. The van der Waals surface area contributed by atoms with Crippen LogP contribution in [0, 0.1) is 5.92 Å². The van der Waals surface area contributed by atoms with Crippen molar-refractivity contribution in [2.75, 3.05) is 0 Å². The zero-order chi connectivity index (χ0) is 8.36. The van der Waals surface area contributed by atoms with Gasteiger partial charge in [0.2, 0.25) is 0 Å². The molecule has 1 atom stereocenters. The standard InChI is InChI=1S/C6H12F3N.ClH/c1-4(2)3-5(10)6(7,8)9;/h4-5H,3,10H2,1-2H3;1H. The lowest BCUT2D eigenvalue weighted by Gasteiger charge is -2.16. The SMILES string of the molecule is CC(C)CC(N)C(F)(F)F.Cl. The molecule has 1 nitrogen and oxygen atoms in total. The van der Waals surface area contributed by atoms with Crippen LogP contribution in [0.25, 0.3) is 0 Å². The van der Waals surface area contributed by atoms with Gasteiger partial charge in [-0.15, -0.1) is 12.4 Å². The van der Waals surface area contributed by atoms with E-state index in [2.05, 4.69) is 0 Å². The van der Waals surface area contributed by atoms with Gasteiger partial charge in [0.25, 0.3) is 0 Å². The second kappa shape index (κ2) is 4.83. The third-order valence-corrected chi connectivity index (χ3v) is 1.15. The molecule has 0 aliphatic rings. The molecule has 0 amide bonds. The maximum atomic E-state index is 11.7. The summed E-state index contributed by atoms with van der Waals surface area (Å²) in [5, 5.41) is 0. The normalized spacial score (nSPS) is 14.5. The number of hydrogen-bond donors (Lipinski definition) is 1. The highest BCUT2D eigenvalue weighted by Crippen LogP contribution is 2.22. The quantitative estimate of drug-likeness (QED) is 0.713. The maximum absolute atomic E-state index is 11.7. The largest absolute Gasteiger partial charge is 0.403 e. The van der Waals surface area contributed by atoms with Crippen LogP contribution in [-0.2, 0) is 0 Å². The Kier molecular flexibility index (Phi) is 5.97. The summed E-state index contributed by atoms with van der Waals surface area (Å²) in [6.45, 7) is 3.43. The molecule has 2 N–H and O–H groups in total. The fraction of sp³-hybridized carbons (Fsp3) is 1.00. The van der Waals surface area contributed by atoms with Gasteiger partial charge >= 0.3 is 6.18 Å².